The summed E-state index contributed by atoms with van der Waals surface area (Å²) >= 11 is 1.55. The van der Waals surface area contributed by atoms with Crippen LogP contribution in [0.15, 0.2) is 0 Å². The fraction of sp³-hybridized carbons (Fsp3) is 0.818. The van der Waals surface area contributed by atoms with Crippen LogP contribution in [-0.2, 0) is 0 Å². The Morgan fingerprint density at radius 1 is 1.53 bits per heavy atom. The van der Waals surface area contributed by atoms with Crippen LogP contribution in [-0.4, -0.2) is 16.1 Å². The van der Waals surface area contributed by atoms with Gasteiger partial charge in [-0.2, -0.15) is 0 Å². The van der Waals surface area contributed by atoms with Gasteiger partial charge in [0.05, 0.1) is 10.6 Å². The Kier molecular flexibility index (Phi) is 3.70. The lowest BCUT2D eigenvalue weighted by atomic mass is 10.1. The molecule has 15 heavy (non-hydrogen) atoms. The van der Waals surface area contributed by atoms with E-state index in [1.54, 1.807) is 11.5 Å². The van der Waals surface area contributed by atoms with Gasteiger partial charge in [0, 0.05) is 6.04 Å². The van der Waals surface area contributed by atoms with Crippen LogP contribution in [0.1, 0.15) is 49.2 Å². The minimum Gasteiger partial charge on any atom is -0.309 e. The third kappa shape index (κ3) is 2.98. The molecule has 1 heterocycles. The first kappa shape index (κ1) is 11.0. The van der Waals surface area contributed by atoms with Crippen molar-refractivity contribution in [2.45, 2.75) is 45.6 Å². The lowest BCUT2D eigenvalue weighted by Gasteiger charge is -2.16. The summed E-state index contributed by atoms with van der Waals surface area (Å²) in [6.45, 7) is 5.36. The average molecular weight is 225 g/mol. The Bertz CT molecular complexity index is 307. The summed E-state index contributed by atoms with van der Waals surface area (Å²) in [5.41, 5.74) is 1.11. The van der Waals surface area contributed by atoms with Crippen LogP contribution in [0.25, 0.3) is 0 Å². The maximum Gasteiger partial charge on any atom is 0.0772 e. The van der Waals surface area contributed by atoms with E-state index in [0.717, 1.165) is 18.2 Å². The number of rotatable bonds is 6. The van der Waals surface area contributed by atoms with Gasteiger partial charge in [-0.25, -0.2) is 0 Å². The maximum atomic E-state index is 4.10. The molecule has 3 nitrogen and oxygen atoms in total. The highest BCUT2D eigenvalue weighted by atomic mass is 32.1. The van der Waals surface area contributed by atoms with E-state index in [1.807, 2.05) is 0 Å². The van der Waals surface area contributed by atoms with E-state index in [2.05, 4.69) is 28.8 Å². The molecule has 0 radical (unpaired) electrons. The van der Waals surface area contributed by atoms with Crippen molar-refractivity contribution >= 4 is 11.5 Å². The first-order chi connectivity index (χ1) is 7.31. The van der Waals surface area contributed by atoms with Gasteiger partial charge in [-0.15, -0.1) is 5.10 Å². The van der Waals surface area contributed by atoms with Crippen molar-refractivity contribution in [2.75, 3.05) is 6.54 Å². The van der Waals surface area contributed by atoms with Gasteiger partial charge in [-0.3, -0.25) is 0 Å². The Morgan fingerprint density at radius 2 is 2.33 bits per heavy atom. The quantitative estimate of drug-likeness (QED) is 0.809. The van der Waals surface area contributed by atoms with Gasteiger partial charge >= 0.3 is 0 Å². The lowest BCUT2D eigenvalue weighted by Crippen LogP contribution is -2.22. The summed E-state index contributed by atoms with van der Waals surface area (Å²) in [6, 6.07) is 0.498. The highest BCUT2D eigenvalue weighted by Crippen LogP contribution is 2.38. The van der Waals surface area contributed by atoms with E-state index in [-0.39, 0.29) is 0 Å². The van der Waals surface area contributed by atoms with Gasteiger partial charge in [-0.1, -0.05) is 24.3 Å². The van der Waals surface area contributed by atoms with Gasteiger partial charge in [0.15, 0.2) is 0 Å². The summed E-state index contributed by atoms with van der Waals surface area (Å²) in [5.74, 6) is 0.945. The number of nitrogens with one attached hydrogen (secondary N) is 1. The van der Waals surface area contributed by atoms with Crippen LogP contribution in [0.3, 0.4) is 0 Å². The molecule has 1 unspecified atom stereocenters. The molecular weight excluding hydrogens is 206 g/mol. The van der Waals surface area contributed by atoms with E-state index in [1.165, 1.54) is 30.6 Å². The number of nitrogens with zero attached hydrogens (tertiary/aromatic N) is 2. The molecule has 0 spiro atoms. The van der Waals surface area contributed by atoms with Crippen molar-refractivity contribution < 1.29 is 0 Å². The van der Waals surface area contributed by atoms with Crippen LogP contribution in [0.2, 0.25) is 0 Å². The zero-order valence-electron chi connectivity index (χ0n) is 9.49. The third-order valence-corrected chi connectivity index (χ3v) is 3.85. The standard InChI is InChI=1S/C11H19N3S/c1-3-6-12-10(7-9-4-5-9)11-8(2)13-14-15-11/h9-10,12H,3-7H2,1-2H3. The lowest BCUT2D eigenvalue weighted by molar-refractivity contribution is 0.478. The monoisotopic (exact) mass is 225 g/mol. The largest absolute Gasteiger partial charge is 0.309 e. The average Bonchev–Trinajstić information content (AvgIpc) is 2.95. The molecule has 1 aliphatic carbocycles. The number of aromatic nitrogens is 2. The molecule has 84 valence electrons. The van der Waals surface area contributed by atoms with Gasteiger partial charge < -0.3 is 5.32 Å². The predicted octanol–water partition coefficient (Wildman–Crippen LogP) is 2.69. The molecule has 2 rings (SSSR count). The van der Waals surface area contributed by atoms with Gasteiger partial charge in [0.1, 0.15) is 0 Å². The Hall–Kier alpha value is -0.480. The van der Waals surface area contributed by atoms with Crippen molar-refractivity contribution in [3.8, 4) is 0 Å². The van der Waals surface area contributed by atoms with Crippen molar-refractivity contribution in [1.29, 1.82) is 0 Å². The number of aryl methyl sites for hydroxylation is 1. The molecular formula is C11H19N3S. The Balaban J connectivity index is 1.99. The highest BCUT2D eigenvalue weighted by Gasteiger charge is 2.27. The van der Waals surface area contributed by atoms with Crippen LogP contribution in [0.5, 0.6) is 0 Å². The summed E-state index contributed by atoms with van der Waals surface area (Å²) in [6.07, 6.45) is 5.28. The van der Waals surface area contributed by atoms with Crippen molar-refractivity contribution in [2.24, 2.45) is 5.92 Å². The van der Waals surface area contributed by atoms with Crippen LogP contribution < -0.4 is 5.32 Å². The van der Waals surface area contributed by atoms with Gasteiger partial charge in [0.2, 0.25) is 0 Å². The fourth-order valence-electron chi connectivity index (χ4n) is 1.85. The molecule has 0 aromatic carbocycles. The van der Waals surface area contributed by atoms with Gasteiger partial charge in [0.25, 0.3) is 0 Å². The molecule has 0 aliphatic heterocycles. The van der Waals surface area contributed by atoms with Crippen LogP contribution in [0.4, 0.5) is 0 Å². The smallest absolute Gasteiger partial charge is 0.0772 e. The van der Waals surface area contributed by atoms with Crippen molar-refractivity contribution in [3.05, 3.63) is 10.6 Å². The third-order valence-electron chi connectivity index (χ3n) is 2.91. The van der Waals surface area contributed by atoms with Gasteiger partial charge in [-0.05, 0) is 43.8 Å². The van der Waals surface area contributed by atoms with E-state index in [9.17, 15) is 0 Å². The van der Waals surface area contributed by atoms with E-state index in [4.69, 9.17) is 0 Å². The molecule has 0 amide bonds. The molecule has 1 aromatic rings. The summed E-state index contributed by atoms with van der Waals surface area (Å²) in [5, 5.41) is 7.72. The normalized spacial score (nSPS) is 18.0. The predicted molar refractivity (Wildman–Crippen MR) is 63.0 cm³/mol. The summed E-state index contributed by atoms with van der Waals surface area (Å²) in [4.78, 5) is 1.34. The SMILES string of the molecule is CCCNC(CC1CC1)c1snnc1C. The van der Waals surface area contributed by atoms with E-state index >= 15 is 0 Å². The zero-order valence-corrected chi connectivity index (χ0v) is 10.3. The molecule has 0 bridgehead atoms. The Labute approximate surface area is 95.4 Å². The zero-order chi connectivity index (χ0) is 10.7. The second-order valence-corrected chi connectivity index (χ2v) is 5.19. The summed E-state index contributed by atoms with van der Waals surface area (Å²) in [7, 11) is 0. The molecule has 1 aliphatic rings. The number of hydrogen-bond acceptors (Lipinski definition) is 4. The van der Waals surface area contributed by atoms with Crippen LogP contribution >= 0.6 is 11.5 Å². The first-order valence-electron chi connectivity index (χ1n) is 5.83. The van der Waals surface area contributed by atoms with E-state index in [0.29, 0.717) is 6.04 Å². The molecule has 1 saturated carbocycles. The fourth-order valence-corrected chi connectivity index (χ4v) is 2.58. The Morgan fingerprint density at radius 3 is 2.87 bits per heavy atom. The maximum absolute atomic E-state index is 4.10. The van der Waals surface area contributed by atoms with Crippen molar-refractivity contribution in [3.63, 3.8) is 0 Å². The second-order valence-electron chi connectivity index (χ2n) is 4.41. The first-order valence-corrected chi connectivity index (χ1v) is 6.60. The minimum absolute atomic E-state index is 0.498. The molecule has 1 aromatic heterocycles. The topological polar surface area (TPSA) is 37.8 Å². The number of hydrogen-bond donors (Lipinski definition) is 1. The second kappa shape index (κ2) is 5.03. The van der Waals surface area contributed by atoms with Crippen molar-refractivity contribution in [1.82, 2.24) is 14.9 Å². The van der Waals surface area contributed by atoms with Crippen LogP contribution in [0, 0.1) is 12.8 Å². The molecule has 1 N–H and O–H groups in total. The highest BCUT2D eigenvalue weighted by molar-refractivity contribution is 7.05. The molecule has 1 fully saturated rings. The van der Waals surface area contributed by atoms with E-state index < -0.39 is 0 Å². The molecule has 0 saturated heterocycles. The minimum atomic E-state index is 0.498. The molecule has 4 heteroatoms. The molecule has 1 atom stereocenters. The summed E-state index contributed by atoms with van der Waals surface area (Å²) < 4.78 is 4.03.